The largest absolute Gasteiger partial charge is 0.444 e. The summed E-state index contributed by atoms with van der Waals surface area (Å²) in [5, 5.41) is 32.5. The molecule has 2 aliphatic carbocycles. The molecule has 0 radical (unpaired) electrons. The molecule has 0 saturated heterocycles. The molecule has 4 heterocycles. The second-order valence-electron chi connectivity index (χ2n) is 17.5. The van der Waals surface area contributed by atoms with E-state index in [1.807, 2.05) is 52.8 Å². The van der Waals surface area contributed by atoms with Gasteiger partial charge in [0.05, 0.1) is 17.4 Å². The highest BCUT2D eigenvalue weighted by Crippen LogP contribution is 2.28. The number of amides is 3. The maximum Gasteiger partial charge on any atom is 0.407 e. The standard InChI is InChI=1S/C25H37N7O3.C20H29N7O/c1-6-9-16-12-15(2)13-20(27-16)29-19-14-21(31-32-22(19)23(26)33)28-17-10-7-8-11-18(17)30-24(34)35-25(3,4)5;1-3-6-13-9-12(2)10-17(23-13)25-16-11-18(26-27-19(16)20(22)28)24-15-8-5-4-7-14(15)21/h12-14,17-18H,6-11H2,1-5H3,(H2,26,33)(H,30,34)(H2,27,28,29,31);9-11,14-15H,3-8,21H2,1-2H3,(H2,22,28)(H2,23,24,25,26)/t17-,18+;14-,15+/m10/s1. The van der Waals surface area contributed by atoms with Crippen molar-refractivity contribution < 1.29 is 19.1 Å². The average Bonchev–Trinajstić information content (AvgIpc) is 3.19. The Labute approximate surface area is 370 Å². The van der Waals surface area contributed by atoms with Crippen LogP contribution in [0.15, 0.2) is 36.4 Å². The Hall–Kier alpha value is -6.17. The Morgan fingerprint density at radius 3 is 1.52 bits per heavy atom. The Balaban J connectivity index is 0.000000243. The minimum absolute atomic E-state index is 0.0305. The number of nitrogens with one attached hydrogen (secondary N) is 5. The molecular weight excluding hydrogens is 801 g/mol. The molecule has 0 unspecified atom stereocenters. The molecule has 2 aliphatic rings. The van der Waals surface area contributed by atoms with E-state index in [-0.39, 0.29) is 35.6 Å². The van der Waals surface area contributed by atoms with Crippen molar-refractivity contribution in [3.05, 3.63) is 70.3 Å². The quantitative estimate of drug-likeness (QED) is 0.0605. The van der Waals surface area contributed by atoms with Crippen molar-refractivity contribution in [2.24, 2.45) is 17.2 Å². The summed E-state index contributed by atoms with van der Waals surface area (Å²) < 4.78 is 5.43. The summed E-state index contributed by atoms with van der Waals surface area (Å²) in [5.74, 6) is 0.974. The smallest absolute Gasteiger partial charge is 0.407 e. The van der Waals surface area contributed by atoms with Crippen molar-refractivity contribution in [1.82, 2.24) is 35.7 Å². The molecule has 0 spiro atoms. The number of aromatic nitrogens is 6. The number of alkyl carbamates (subject to hydrolysis) is 1. The summed E-state index contributed by atoms with van der Waals surface area (Å²) in [7, 11) is 0. The third-order valence-corrected chi connectivity index (χ3v) is 10.6. The lowest BCUT2D eigenvalue weighted by Gasteiger charge is -2.33. The number of pyridine rings is 2. The molecule has 0 aliphatic heterocycles. The molecular formula is C45H66N14O4. The van der Waals surface area contributed by atoms with Gasteiger partial charge < -0.3 is 48.5 Å². The fraction of sp³-hybridized carbons (Fsp3) is 0.533. The maximum absolute atomic E-state index is 12.3. The number of carbonyl (C=O) groups excluding carboxylic acids is 3. The number of rotatable bonds is 15. The molecule has 2 fully saturated rings. The van der Waals surface area contributed by atoms with E-state index in [0.717, 1.165) is 99.6 Å². The fourth-order valence-corrected chi connectivity index (χ4v) is 7.78. The van der Waals surface area contributed by atoms with Gasteiger partial charge in [0.1, 0.15) is 17.2 Å². The first-order valence-electron chi connectivity index (χ1n) is 22.1. The first-order valence-corrected chi connectivity index (χ1v) is 22.1. The minimum Gasteiger partial charge on any atom is -0.444 e. The van der Waals surface area contributed by atoms with Crippen LogP contribution in [-0.4, -0.2) is 78.0 Å². The lowest BCUT2D eigenvalue weighted by Crippen LogP contribution is -2.49. The van der Waals surface area contributed by atoms with Gasteiger partial charge in [0.25, 0.3) is 11.8 Å². The van der Waals surface area contributed by atoms with Crippen LogP contribution in [0.5, 0.6) is 0 Å². The van der Waals surface area contributed by atoms with Gasteiger partial charge in [-0.1, -0.05) is 52.4 Å². The van der Waals surface area contributed by atoms with Gasteiger partial charge in [-0.25, -0.2) is 14.8 Å². The molecule has 18 nitrogen and oxygen atoms in total. The van der Waals surface area contributed by atoms with E-state index in [4.69, 9.17) is 21.9 Å². The predicted octanol–water partition coefficient (Wildman–Crippen LogP) is 6.88. The number of primary amides is 2. The van der Waals surface area contributed by atoms with Crippen LogP contribution in [-0.2, 0) is 17.6 Å². The van der Waals surface area contributed by atoms with Gasteiger partial charge in [-0.2, -0.15) is 0 Å². The van der Waals surface area contributed by atoms with Gasteiger partial charge in [0.15, 0.2) is 23.0 Å². The number of carbonyl (C=O) groups is 3. The summed E-state index contributed by atoms with van der Waals surface area (Å²) in [6, 6.07) is 11.4. The van der Waals surface area contributed by atoms with Crippen LogP contribution in [0.3, 0.4) is 0 Å². The minimum atomic E-state index is -0.685. The van der Waals surface area contributed by atoms with Gasteiger partial charge in [-0.15, -0.1) is 20.4 Å². The summed E-state index contributed by atoms with van der Waals surface area (Å²) in [4.78, 5) is 45.5. The second-order valence-corrected chi connectivity index (χ2v) is 17.5. The second kappa shape index (κ2) is 22.3. The van der Waals surface area contributed by atoms with E-state index in [1.54, 1.807) is 12.1 Å². The monoisotopic (exact) mass is 867 g/mol. The maximum atomic E-state index is 12.3. The zero-order chi connectivity index (χ0) is 45.7. The number of nitrogens with two attached hydrogens (primary N) is 3. The van der Waals surface area contributed by atoms with Gasteiger partial charge in [0.2, 0.25) is 0 Å². The molecule has 4 aromatic rings. The number of anilines is 6. The van der Waals surface area contributed by atoms with Crippen molar-refractivity contribution in [1.29, 1.82) is 0 Å². The van der Waals surface area contributed by atoms with Crippen LogP contribution in [0.1, 0.15) is 142 Å². The molecule has 3 amide bonds. The Kier molecular flexibility index (Phi) is 16.9. The normalized spacial score (nSPS) is 18.5. The third kappa shape index (κ3) is 14.7. The summed E-state index contributed by atoms with van der Waals surface area (Å²) in [6.07, 6.45) is 11.3. The molecule has 4 aromatic heterocycles. The fourth-order valence-electron chi connectivity index (χ4n) is 7.78. The first-order chi connectivity index (χ1) is 30.0. The molecule has 0 aromatic carbocycles. The number of hydrogen-bond acceptors (Lipinski definition) is 15. The Morgan fingerprint density at radius 1 is 0.635 bits per heavy atom. The lowest BCUT2D eigenvalue weighted by molar-refractivity contribution is 0.0488. The van der Waals surface area contributed by atoms with E-state index in [0.29, 0.717) is 34.6 Å². The molecule has 4 atom stereocenters. The Bertz CT molecular complexity index is 2200. The third-order valence-electron chi connectivity index (χ3n) is 10.6. The average molecular weight is 867 g/mol. The van der Waals surface area contributed by atoms with E-state index >= 15 is 0 Å². The van der Waals surface area contributed by atoms with Crippen molar-refractivity contribution in [3.63, 3.8) is 0 Å². The van der Waals surface area contributed by atoms with Crippen molar-refractivity contribution in [2.75, 3.05) is 21.3 Å². The van der Waals surface area contributed by atoms with E-state index < -0.39 is 23.5 Å². The highest BCUT2D eigenvalue weighted by Gasteiger charge is 2.29. The van der Waals surface area contributed by atoms with E-state index in [2.05, 4.69) is 76.9 Å². The van der Waals surface area contributed by atoms with Crippen molar-refractivity contribution in [2.45, 2.75) is 155 Å². The zero-order valence-electron chi connectivity index (χ0n) is 37.8. The molecule has 63 heavy (non-hydrogen) atoms. The summed E-state index contributed by atoms with van der Waals surface area (Å²) >= 11 is 0. The van der Waals surface area contributed by atoms with Crippen LogP contribution in [0.4, 0.5) is 39.4 Å². The molecule has 0 bridgehead atoms. The molecule has 6 rings (SSSR count). The van der Waals surface area contributed by atoms with Crippen LogP contribution >= 0.6 is 0 Å². The van der Waals surface area contributed by atoms with Gasteiger partial charge in [0, 0.05) is 41.6 Å². The van der Waals surface area contributed by atoms with Crippen molar-refractivity contribution in [3.8, 4) is 0 Å². The molecule has 18 heteroatoms. The topological polar surface area (TPSA) is 276 Å². The van der Waals surface area contributed by atoms with Gasteiger partial charge >= 0.3 is 6.09 Å². The number of ether oxygens (including phenoxy) is 1. The highest BCUT2D eigenvalue weighted by atomic mass is 16.6. The number of aryl methyl sites for hydroxylation is 4. The van der Waals surface area contributed by atoms with E-state index in [1.165, 1.54) is 0 Å². The van der Waals surface area contributed by atoms with E-state index in [9.17, 15) is 14.4 Å². The van der Waals surface area contributed by atoms with Gasteiger partial charge in [-0.05, 0) is 109 Å². The molecule has 11 N–H and O–H groups in total. The highest BCUT2D eigenvalue weighted by molar-refractivity contribution is 5.98. The van der Waals surface area contributed by atoms with Crippen molar-refractivity contribution >= 4 is 52.6 Å². The number of nitrogens with zero attached hydrogens (tertiary/aromatic N) is 6. The van der Waals surface area contributed by atoms with Crippen LogP contribution in [0.25, 0.3) is 0 Å². The number of hydrogen-bond donors (Lipinski definition) is 8. The summed E-state index contributed by atoms with van der Waals surface area (Å²) in [5.41, 5.74) is 21.8. The molecule has 2 saturated carbocycles. The lowest BCUT2D eigenvalue weighted by atomic mass is 9.90. The van der Waals surface area contributed by atoms with Crippen LogP contribution in [0, 0.1) is 13.8 Å². The predicted molar refractivity (Wildman–Crippen MR) is 246 cm³/mol. The Morgan fingerprint density at radius 2 is 1.08 bits per heavy atom. The first kappa shape index (κ1) is 47.9. The molecule has 340 valence electrons. The van der Waals surface area contributed by atoms with Crippen LogP contribution in [0.2, 0.25) is 0 Å². The summed E-state index contributed by atoms with van der Waals surface area (Å²) in [6.45, 7) is 13.7. The van der Waals surface area contributed by atoms with Gasteiger partial charge in [-0.3, -0.25) is 9.59 Å². The van der Waals surface area contributed by atoms with Crippen LogP contribution < -0.4 is 43.8 Å². The zero-order valence-corrected chi connectivity index (χ0v) is 37.8. The SMILES string of the molecule is CCCc1cc(C)cc(Nc2cc(N[C@@H]3CCCC[C@@H]3N)nnc2C(N)=O)n1.CCCc1cc(C)cc(Nc2cc(N[C@@H]3CCCC[C@@H]3NC(=O)OC(C)(C)C)nnc2C(N)=O)n1.